The van der Waals surface area contributed by atoms with Gasteiger partial charge in [-0.05, 0) is 12.0 Å². The zero-order chi connectivity index (χ0) is 15.0. The Balaban J connectivity index is 2.59. The molecule has 0 bridgehead atoms. The standard InChI is InChI=1S/C14H15ClF2N2O/c1-7(2)12-10(14(15)19(3)18-12)13(20)8-5-4-6-9(16)11(8)17/h4-7,13,20H,1-3H3. The molecule has 1 atom stereocenters. The molecule has 1 aromatic carbocycles. The average molecular weight is 301 g/mol. The predicted molar refractivity (Wildman–Crippen MR) is 72.7 cm³/mol. The van der Waals surface area contributed by atoms with E-state index in [0.717, 1.165) is 6.07 Å². The van der Waals surface area contributed by atoms with Crippen LogP contribution in [0.2, 0.25) is 5.15 Å². The third-order valence-electron chi connectivity index (χ3n) is 3.14. The number of hydrogen-bond acceptors (Lipinski definition) is 2. The summed E-state index contributed by atoms with van der Waals surface area (Å²) >= 11 is 6.12. The topological polar surface area (TPSA) is 38.0 Å². The van der Waals surface area contributed by atoms with Gasteiger partial charge in [-0.25, -0.2) is 8.78 Å². The van der Waals surface area contributed by atoms with E-state index in [1.54, 1.807) is 7.05 Å². The number of aliphatic hydroxyl groups is 1. The summed E-state index contributed by atoms with van der Waals surface area (Å²) in [7, 11) is 1.63. The molecule has 0 saturated carbocycles. The Kier molecular flexibility index (Phi) is 4.11. The highest BCUT2D eigenvalue weighted by molar-refractivity contribution is 6.30. The SMILES string of the molecule is CC(C)c1nn(C)c(Cl)c1C(O)c1cccc(F)c1F. The fraction of sp³-hybridized carbons (Fsp3) is 0.357. The van der Waals surface area contributed by atoms with Gasteiger partial charge in [-0.15, -0.1) is 0 Å². The molecule has 0 amide bonds. The molecule has 6 heteroatoms. The first kappa shape index (κ1) is 14.9. The van der Waals surface area contributed by atoms with Crippen LogP contribution < -0.4 is 0 Å². The molecule has 0 spiro atoms. The third-order valence-corrected chi connectivity index (χ3v) is 3.58. The van der Waals surface area contributed by atoms with Gasteiger partial charge in [-0.2, -0.15) is 5.10 Å². The van der Waals surface area contributed by atoms with Crippen molar-refractivity contribution in [2.75, 3.05) is 0 Å². The van der Waals surface area contributed by atoms with Gasteiger partial charge in [0.25, 0.3) is 0 Å². The second-order valence-electron chi connectivity index (χ2n) is 4.91. The number of benzene rings is 1. The van der Waals surface area contributed by atoms with E-state index in [1.807, 2.05) is 13.8 Å². The molecule has 0 aliphatic carbocycles. The predicted octanol–water partition coefficient (Wildman–Crippen LogP) is 3.56. The van der Waals surface area contributed by atoms with Crippen LogP contribution in [-0.2, 0) is 7.05 Å². The maximum Gasteiger partial charge on any atom is 0.164 e. The summed E-state index contributed by atoms with van der Waals surface area (Å²) in [6.45, 7) is 3.77. The lowest BCUT2D eigenvalue weighted by Gasteiger charge is -2.14. The van der Waals surface area contributed by atoms with Gasteiger partial charge < -0.3 is 5.11 Å². The molecule has 1 N–H and O–H groups in total. The number of nitrogens with zero attached hydrogens (tertiary/aromatic N) is 2. The molecule has 0 aliphatic rings. The van der Waals surface area contributed by atoms with Crippen LogP contribution >= 0.6 is 11.6 Å². The van der Waals surface area contributed by atoms with E-state index in [1.165, 1.54) is 16.8 Å². The molecular weight excluding hydrogens is 286 g/mol. The van der Waals surface area contributed by atoms with Gasteiger partial charge in [0.1, 0.15) is 11.3 Å². The zero-order valence-corrected chi connectivity index (χ0v) is 12.1. The summed E-state index contributed by atoms with van der Waals surface area (Å²) in [6, 6.07) is 3.67. The first-order valence-corrected chi connectivity index (χ1v) is 6.56. The molecule has 0 radical (unpaired) electrons. The molecule has 1 heterocycles. The lowest BCUT2D eigenvalue weighted by molar-refractivity contribution is 0.212. The Morgan fingerprint density at radius 2 is 1.95 bits per heavy atom. The normalized spacial score (nSPS) is 13.0. The first-order valence-electron chi connectivity index (χ1n) is 6.18. The lowest BCUT2D eigenvalue weighted by atomic mass is 9.97. The van der Waals surface area contributed by atoms with Gasteiger partial charge in [0.2, 0.25) is 0 Å². The minimum Gasteiger partial charge on any atom is -0.383 e. The van der Waals surface area contributed by atoms with Crippen LogP contribution in [0.3, 0.4) is 0 Å². The maximum atomic E-state index is 13.8. The number of aryl methyl sites for hydroxylation is 1. The summed E-state index contributed by atoms with van der Waals surface area (Å²) in [4.78, 5) is 0. The number of hydrogen-bond donors (Lipinski definition) is 1. The van der Waals surface area contributed by atoms with Crippen molar-refractivity contribution in [2.45, 2.75) is 25.9 Å². The van der Waals surface area contributed by atoms with Crippen molar-refractivity contribution in [1.82, 2.24) is 9.78 Å². The van der Waals surface area contributed by atoms with Crippen LogP contribution in [0.25, 0.3) is 0 Å². The van der Waals surface area contributed by atoms with Crippen LogP contribution in [0.1, 0.15) is 42.7 Å². The molecule has 108 valence electrons. The van der Waals surface area contributed by atoms with E-state index in [2.05, 4.69) is 5.10 Å². The van der Waals surface area contributed by atoms with E-state index in [-0.39, 0.29) is 16.6 Å². The first-order chi connectivity index (χ1) is 9.34. The van der Waals surface area contributed by atoms with Crippen LogP contribution in [0.5, 0.6) is 0 Å². The Bertz CT molecular complexity index is 640. The Morgan fingerprint density at radius 3 is 2.55 bits per heavy atom. The largest absolute Gasteiger partial charge is 0.383 e. The highest BCUT2D eigenvalue weighted by Gasteiger charge is 2.27. The molecule has 0 saturated heterocycles. The van der Waals surface area contributed by atoms with E-state index in [9.17, 15) is 13.9 Å². The monoisotopic (exact) mass is 300 g/mol. The lowest BCUT2D eigenvalue weighted by Crippen LogP contribution is -2.07. The molecule has 20 heavy (non-hydrogen) atoms. The number of aromatic nitrogens is 2. The van der Waals surface area contributed by atoms with Crippen molar-refractivity contribution in [2.24, 2.45) is 7.05 Å². The molecule has 0 aliphatic heterocycles. The van der Waals surface area contributed by atoms with Crippen molar-refractivity contribution in [3.05, 3.63) is 51.8 Å². The van der Waals surface area contributed by atoms with Crippen molar-refractivity contribution < 1.29 is 13.9 Å². The molecule has 3 nitrogen and oxygen atoms in total. The fourth-order valence-electron chi connectivity index (χ4n) is 2.11. The van der Waals surface area contributed by atoms with Gasteiger partial charge in [0, 0.05) is 18.2 Å². The van der Waals surface area contributed by atoms with E-state index < -0.39 is 17.7 Å². The Labute approximate surface area is 120 Å². The fourth-order valence-corrected chi connectivity index (χ4v) is 2.34. The summed E-state index contributed by atoms with van der Waals surface area (Å²) in [6.07, 6.45) is -1.36. The van der Waals surface area contributed by atoms with E-state index >= 15 is 0 Å². The molecule has 1 aromatic heterocycles. The second kappa shape index (κ2) is 5.50. The van der Waals surface area contributed by atoms with Gasteiger partial charge in [-0.1, -0.05) is 37.6 Å². The van der Waals surface area contributed by atoms with Gasteiger partial charge >= 0.3 is 0 Å². The molecule has 1 unspecified atom stereocenters. The molecule has 0 fully saturated rings. The third kappa shape index (κ3) is 2.43. The van der Waals surface area contributed by atoms with Crippen LogP contribution in [0.15, 0.2) is 18.2 Å². The minimum atomic E-state index is -1.36. The smallest absolute Gasteiger partial charge is 0.164 e. The van der Waals surface area contributed by atoms with Crippen LogP contribution in [-0.4, -0.2) is 14.9 Å². The maximum absolute atomic E-state index is 13.8. The Morgan fingerprint density at radius 1 is 1.30 bits per heavy atom. The molecule has 2 rings (SSSR count). The summed E-state index contributed by atoms with van der Waals surface area (Å²) in [5, 5.41) is 14.8. The van der Waals surface area contributed by atoms with E-state index in [4.69, 9.17) is 11.6 Å². The van der Waals surface area contributed by atoms with Gasteiger partial charge in [-0.3, -0.25) is 4.68 Å². The summed E-state index contributed by atoms with van der Waals surface area (Å²) in [5.74, 6) is -2.09. The molecular formula is C14H15ClF2N2O. The quantitative estimate of drug-likeness (QED) is 0.941. The van der Waals surface area contributed by atoms with Crippen molar-refractivity contribution in [3.8, 4) is 0 Å². The number of rotatable bonds is 3. The number of halogens is 3. The minimum absolute atomic E-state index is 0.00466. The van der Waals surface area contributed by atoms with Crippen LogP contribution in [0.4, 0.5) is 8.78 Å². The average Bonchev–Trinajstić information content (AvgIpc) is 2.69. The highest BCUT2D eigenvalue weighted by atomic mass is 35.5. The van der Waals surface area contributed by atoms with Crippen molar-refractivity contribution in [3.63, 3.8) is 0 Å². The molecule has 2 aromatic rings. The van der Waals surface area contributed by atoms with Gasteiger partial charge in [0.05, 0.1) is 5.69 Å². The second-order valence-corrected chi connectivity index (χ2v) is 5.27. The highest BCUT2D eigenvalue weighted by Crippen LogP contribution is 2.35. The van der Waals surface area contributed by atoms with Crippen molar-refractivity contribution >= 4 is 11.6 Å². The van der Waals surface area contributed by atoms with Crippen molar-refractivity contribution in [1.29, 1.82) is 0 Å². The summed E-state index contributed by atoms with van der Waals surface area (Å²) in [5.41, 5.74) is 0.726. The number of aliphatic hydroxyl groups excluding tert-OH is 1. The zero-order valence-electron chi connectivity index (χ0n) is 11.4. The van der Waals surface area contributed by atoms with E-state index in [0.29, 0.717) is 11.3 Å². The Hall–Kier alpha value is -1.46. The van der Waals surface area contributed by atoms with Crippen LogP contribution in [0, 0.1) is 11.6 Å². The van der Waals surface area contributed by atoms with Gasteiger partial charge in [0.15, 0.2) is 11.6 Å². The summed E-state index contributed by atoms with van der Waals surface area (Å²) < 4.78 is 28.5.